The molecule has 3 aromatic heterocycles. The molecule has 0 aliphatic carbocycles. The van der Waals surface area contributed by atoms with Gasteiger partial charge in [0.15, 0.2) is 5.65 Å². The van der Waals surface area contributed by atoms with Gasteiger partial charge in [-0.05, 0) is 86.2 Å². The van der Waals surface area contributed by atoms with Crippen LogP contribution in [0.25, 0.3) is 44.5 Å². The molecule has 0 aliphatic rings. The maximum atomic E-state index is 14.7. The molecular weight excluding hydrogens is 487 g/mol. The molecule has 0 N–H and O–H groups in total. The number of halogens is 2. The van der Waals surface area contributed by atoms with Crippen molar-refractivity contribution >= 4 is 22.6 Å². The molecule has 37 heavy (non-hydrogen) atoms. The molecule has 0 aliphatic heterocycles. The summed E-state index contributed by atoms with van der Waals surface area (Å²) in [6.45, 7) is 1.66. The number of rotatable bonds is 8. The minimum atomic E-state index is -0.394. The van der Waals surface area contributed by atoms with Crippen molar-refractivity contribution in [3.05, 3.63) is 96.2 Å². The van der Waals surface area contributed by atoms with E-state index in [0.29, 0.717) is 28.5 Å². The first-order valence-electron chi connectivity index (χ1n) is 12.0. The largest absolute Gasteiger partial charge is 0.494 e. The number of hydrogen-bond donors (Lipinski definition) is 0. The number of hydrogen-bond acceptors (Lipinski definition) is 5. The Balaban J connectivity index is 1.49. The van der Waals surface area contributed by atoms with Gasteiger partial charge in [0.2, 0.25) is 0 Å². The van der Waals surface area contributed by atoms with Gasteiger partial charge in [0.25, 0.3) is 0 Å². The van der Waals surface area contributed by atoms with Gasteiger partial charge in [-0.2, -0.15) is 0 Å². The maximum Gasteiger partial charge on any atom is 0.160 e. The highest BCUT2D eigenvalue weighted by atomic mass is 35.5. The van der Waals surface area contributed by atoms with Crippen LogP contribution in [0.15, 0.2) is 85.3 Å². The molecule has 2 aromatic carbocycles. The molecule has 0 spiro atoms. The van der Waals surface area contributed by atoms with E-state index in [1.54, 1.807) is 18.5 Å². The fraction of sp³-hybridized carbons (Fsp3) is 0.167. The average Bonchev–Trinajstić information content (AvgIpc) is 2.92. The molecule has 0 atom stereocenters. The van der Waals surface area contributed by atoms with E-state index >= 15 is 0 Å². The van der Waals surface area contributed by atoms with Crippen LogP contribution in [-0.2, 0) is 0 Å². The second kappa shape index (κ2) is 11.0. The fourth-order valence-corrected chi connectivity index (χ4v) is 4.36. The predicted octanol–water partition coefficient (Wildman–Crippen LogP) is 7.15. The van der Waals surface area contributed by atoms with Gasteiger partial charge in [-0.25, -0.2) is 14.4 Å². The van der Waals surface area contributed by atoms with Crippen molar-refractivity contribution < 1.29 is 9.13 Å². The van der Waals surface area contributed by atoms with Gasteiger partial charge in [-0.3, -0.25) is 4.98 Å². The zero-order chi connectivity index (χ0) is 25.8. The molecular formula is C30H26ClFN4O. The number of aromatic nitrogens is 3. The lowest BCUT2D eigenvalue weighted by Gasteiger charge is -2.12. The van der Waals surface area contributed by atoms with Crippen molar-refractivity contribution in [1.82, 2.24) is 19.9 Å². The minimum absolute atomic E-state index is 0.326. The fourth-order valence-electron chi connectivity index (χ4n) is 4.19. The third-order valence-corrected chi connectivity index (χ3v) is 6.28. The summed E-state index contributed by atoms with van der Waals surface area (Å²) in [6, 6.07) is 20.2. The zero-order valence-electron chi connectivity index (χ0n) is 20.7. The van der Waals surface area contributed by atoms with Crippen LogP contribution >= 0.6 is 11.6 Å². The molecule has 0 saturated heterocycles. The van der Waals surface area contributed by atoms with Crippen molar-refractivity contribution in [3.63, 3.8) is 0 Å². The monoisotopic (exact) mass is 512 g/mol. The van der Waals surface area contributed by atoms with Gasteiger partial charge in [0, 0.05) is 52.2 Å². The SMILES string of the molecule is CN(C)CCCOc1ccc(-c2cncc(-c3cc(-c4cc(Cl)ccc4F)nc4ncccc34)c2)cc1. The van der Waals surface area contributed by atoms with Crippen LogP contribution in [0.5, 0.6) is 5.75 Å². The Kier molecular flexibility index (Phi) is 7.40. The molecule has 0 unspecified atom stereocenters. The van der Waals surface area contributed by atoms with Gasteiger partial charge in [0.05, 0.1) is 12.3 Å². The van der Waals surface area contributed by atoms with Gasteiger partial charge in [-0.15, -0.1) is 0 Å². The Morgan fingerprint density at radius 1 is 0.892 bits per heavy atom. The van der Waals surface area contributed by atoms with Crippen molar-refractivity contribution in [2.45, 2.75) is 6.42 Å². The first-order chi connectivity index (χ1) is 18.0. The first kappa shape index (κ1) is 24.8. The lowest BCUT2D eigenvalue weighted by Crippen LogP contribution is -2.15. The quantitative estimate of drug-likeness (QED) is 0.207. The summed E-state index contributed by atoms with van der Waals surface area (Å²) >= 11 is 6.16. The molecule has 5 rings (SSSR count). The highest BCUT2D eigenvalue weighted by Crippen LogP contribution is 2.34. The van der Waals surface area contributed by atoms with Crippen molar-refractivity contribution in [1.29, 1.82) is 0 Å². The summed E-state index contributed by atoms with van der Waals surface area (Å²) in [6.07, 6.45) is 6.27. The number of pyridine rings is 3. The van der Waals surface area contributed by atoms with E-state index in [1.165, 1.54) is 12.1 Å². The molecule has 0 amide bonds. The van der Waals surface area contributed by atoms with E-state index in [0.717, 1.165) is 46.4 Å². The summed E-state index contributed by atoms with van der Waals surface area (Å²) in [5.41, 5.74) is 5.03. The van der Waals surface area contributed by atoms with Gasteiger partial charge in [-0.1, -0.05) is 23.7 Å². The maximum absolute atomic E-state index is 14.7. The lowest BCUT2D eigenvalue weighted by atomic mass is 9.98. The van der Waals surface area contributed by atoms with Crippen LogP contribution in [0.4, 0.5) is 4.39 Å². The van der Waals surface area contributed by atoms with Crippen LogP contribution < -0.4 is 4.74 Å². The van der Waals surface area contributed by atoms with Crippen LogP contribution in [0, 0.1) is 5.82 Å². The van der Waals surface area contributed by atoms with Crippen LogP contribution in [0.3, 0.4) is 0 Å². The van der Waals surface area contributed by atoms with Crippen LogP contribution in [-0.4, -0.2) is 47.1 Å². The van der Waals surface area contributed by atoms with E-state index in [9.17, 15) is 4.39 Å². The topological polar surface area (TPSA) is 51.1 Å². The summed E-state index contributed by atoms with van der Waals surface area (Å²) in [5, 5.41) is 1.30. The Morgan fingerprint density at radius 2 is 1.70 bits per heavy atom. The van der Waals surface area contributed by atoms with E-state index in [2.05, 4.69) is 40.0 Å². The second-order valence-corrected chi connectivity index (χ2v) is 9.48. The number of benzene rings is 2. The lowest BCUT2D eigenvalue weighted by molar-refractivity contribution is 0.281. The molecule has 0 saturated carbocycles. The summed E-state index contributed by atoms with van der Waals surface area (Å²) in [4.78, 5) is 15.7. The molecule has 5 aromatic rings. The van der Waals surface area contributed by atoms with Crippen molar-refractivity contribution in [2.24, 2.45) is 0 Å². The number of fused-ring (bicyclic) bond motifs is 1. The highest BCUT2D eigenvalue weighted by Gasteiger charge is 2.14. The highest BCUT2D eigenvalue weighted by molar-refractivity contribution is 6.30. The van der Waals surface area contributed by atoms with Gasteiger partial charge >= 0.3 is 0 Å². The molecule has 7 heteroatoms. The Hall–Kier alpha value is -3.87. The van der Waals surface area contributed by atoms with Gasteiger partial charge < -0.3 is 9.64 Å². The molecule has 0 radical (unpaired) electrons. The molecule has 5 nitrogen and oxygen atoms in total. The van der Waals surface area contributed by atoms with E-state index < -0.39 is 5.82 Å². The molecule has 3 heterocycles. The third-order valence-electron chi connectivity index (χ3n) is 6.04. The Morgan fingerprint density at radius 3 is 2.51 bits per heavy atom. The summed E-state index contributed by atoms with van der Waals surface area (Å²) in [5.74, 6) is 0.444. The zero-order valence-corrected chi connectivity index (χ0v) is 21.4. The standard InChI is InChI=1S/C30H26ClFN4O/c1-36(2)13-4-14-37-24-9-6-20(7-10-24)21-15-22(19-33-18-21)26-17-29(27-16-23(31)8-11-28(27)32)35-30-25(26)5-3-12-34-30/h3,5-12,15-19H,4,13-14H2,1-2H3. The van der Waals surface area contributed by atoms with Crippen LogP contribution in [0.2, 0.25) is 5.02 Å². The minimum Gasteiger partial charge on any atom is -0.494 e. The average molecular weight is 513 g/mol. The van der Waals surface area contributed by atoms with E-state index in [-0.39, 0.29) is 0 Å². The van der Waals surface area contributed by atoms with Crippen molar-refractivity contribution in [2.75, 3.05) is 27.2 Å². The van der Waals surface area contributed by atoms with Gasteiger partial charge in [0.1, 0.15) is 11.6 Å². The predicted molar refractivity (Wildman–Crippen MR) is 147 cm³/mol. The van der Waals surface area contributed by atoms with E-state index in [4.69, 9.17) is 16.3 Å². The second-order valence-electron chi connectivity index (χ2n) is 9.05. The summed E-state index contributed by atoms with van der Waals surface area (Å²) < 4.78 is 20.6. The van der Waals surface area contributed by atoms with Crippen LogP contribution in [0.1, 0.15) is 6.42 Å². The Bertz CT molecular complexity index is 1540. The molecule has 0 bridgehead atoms. The Labute approximate surface area is 220 Å². The first-order valence-corrected chi connectivity index (χ1v) is 12.4. The van der Waals surface area contributed by atoms with Crippen molar-refractivity contribution in [3.8, 4) is 39.3 Å². The number of ether oxygens (including phenoxy) is 1. The smallest absolute Gasteiger partial charge is 0.160 e. The molecule has 186 valence electrons. The number of nitrogens with zero attached hydrogens (tertiary/aromatic N) is 4. The third kappa shape index (κ3) is 5.77. The summed E-state index contributed by atoms with van der Waals surface area (Å²) in [7, 11) is 4.11. The van der Waals surface area contributed by atoms with E-state index in [1.807, 2.05) is 48.7 Å². The molecule has 0 fully saturated rings. The normalized spacial score (nSPS) is 11.3.